The lowest BCUT2D eigenvalue weighted by atomic mass is 9.83. The average molecular weight is 412 g/mol. The molecule has 1 atom stereocenters. The van der Waals surface area contributed by atoms with Gasteiger partial charge in [0, 0.05) is 0 Å². The van der Waals surface area contributed by atoms with Gasteiger partial charge in [-0.25, -0.2) is 0 Å². The number of H-pyrrole nitrogens is 1. The smallest absolute Gasteiger partial charge is 0.311 e. The first-order valence-electron chi connectivity index (χ1n) is 9.65. The van der Waals surface area contributed by atoms with Crippen LogP contribution >= 0.6 is 0 Å². The topological polar surface area (TPSA) is 132 Å². The lowest BCUT2D eigenvalue weighted by molar-refractivity contribution is -0.142. The molecule has 0 amide bonds. The van der Waals surface area contributed by atoms with E-state index in [1.54, 1.807) is 26.2 Å². The Morgan fingerprint density at radius 2 is 2.17 bits per heavy atom. The number of carbonyl (C=O) groups excluding carboxylic acids is 1. The largest absolute Gasteiger partial charge is 0.493 e. The Kier molecular flexibility index (Phi) is 6.47. The molecule has 1 aromatic heterocycles. The summed E-state index contributed by atoms with van der Waals surface area (Å²) >= 11 is 0. The minimum absolute atomic E-state index is 0.0329. The highest BCUT2D eigenvalue weighted by Crippen LogP contribution is 2.44. The number of fused-ring (bicyclic) bond motifs is 1. The molecule has 9 nitrogen and oxygen atoms in total. The maximum absolute atomic E-state index is 12.1. The van der Waals surface area contributed by atoms with Crippen LogP contribution in [-0.2, 0) is 16.0 Å². The molecule has 3 rings (SSSR count). The van der Waals surface area contributed by atoms with Crippen molar-refractivity contribution in [3.8, 4) is 23.4 Å². The van der Waals surface area contributed by atoms with Crippen LogP contribution in [0.5, 0.6) is 17.4 Å². The van der Waals surface area contributed by atoms with Crippen LogP contribution in [0.25, 0.3) is 0 Å². The number of nitrogens with zero attached hydrogens (tertiary/aromatic N) is 2. The molecule has 30 heavy (non-hydrogen) atoms. The zero-order chi connectivity index (χ0) is 21.7. The Labute approximate surface area is 174 Å². The molecule has 0 saturated heterocycles. The maximum atomic E-state index is 12.1. The predicted molar refractivity (Wildman–Crippen MR) is 107 cm³/mol. The number of esters is 1. The van der Waals surface area contributed by atoms with Crippen molar-refractivity contribution in [1.82, 2.24) is 10.2 Å². The Bertz CT molecular complexity index is 1010. The van der Waals surface area contributed by atoms with Crippen LogP contribution in [0.4, 0.5) is 0 Å². The number of methoxy groups -OCH3 is 1. The van der Waals surface area contributed by atoms with Gasteiger partial charge in [0.1, 0.15) is 11.6 Å². The first-order chi connectivity index (χ1) is 14.5. The summed E-state index contributed by atoms with van der Waals surface area (Å²) in [5, 5.41) is 16.7. The third-order valence-corrected chi connectivity index (χ3v) is 4.63. The van der Waals surface area contributed by atoms with E-state index in [4.69, 9.17) is 24.7 Å². The second kappa shape index (κ2) is 9.22. The predicted octanol–water partition coefficient (Wildman–Crippen LogP) is 2.53. The molecule has 2 aromatic rings. The van der Waals surface area contributed by atoms with Crippen molar-refractivity contribution >= 4 is 5.97 Å². The molecule has 0 spiro atoms. The van der Waals surface area contributed by atoms with E-state index in [1.165, 1.54) is 0 Å². The van der Waals surface area contributed by atoms with Crippen LogP contribution in [0.15, 0.2) is 29.7 Å². The summed E-state index contributed by atoms with van der Waals surface area (Å²) in [7, 11) is 1.55. The van der Waals surface area contributed by atoms with Gasteiger partial charge >= 0.3 is 5.97 Å². The Hall–Kier alpha value is -3.67. The number of aromatic amines is 1. The van der Waals surface area contributed by atoms with Crippen LogP contribution in [0, 0.1) is 11.3 Å². The summed E-state index contributed by atoms with van der Waals surface area (Å²) in [4.78, 5) is 12.1. The molecule has 1 unspecified atom stereocenters. The molecule has 3 N–H and O–H groups in total. The first-order valence-corrected chi connectivity index (χ1v) is 9.65. The molecule has 158 valence electrons. The van der Waals surface area contributed by atoms with Crippen molar-refractivity contribution in [2.24, 2.45) is 5.73 Å². The number of benzene rings is 1. The average Bonchev–Trinajstić information content (AvgIpc) is 3.13. The number of ether oxygens (including phenoxy) is 4. The van der Waals surface area contributed by atoms with Crippen molar-refractivity contribution in [3.05, 3.63) is 46.5 Å². The van der Waals surface area contributed by atoms with Gasteiger partial charge in [0.25, 0.3) is 0 Å². The maximum Gasteiger partial charge on any atom is 0.311 e. The standard InChI is InChI=1S/C21H24N4O5/c1-4-8-29-15-7-6-12(9-16(15)27-3)18-13(11-22)20(23)30-21-19(18)14(24-25-21)10-17(26)28-5-2/h6-7,9,18H,4-5,8,10,23H2,1-3H3,(H,24,25). The molecule has 1 aliphatic heterocycles. The van der Waals surface area contributed by atoms with E-state index in [2.05, 4.69) is 16.3 Å². The zero-order valence-electron chi connectivity index (χ0n) is 17.2. The quantitative estimate of drug-likeness (QED) is 0.632. The van der Waals surface area contributed by atoms with Crippen molar-refractivity contribution in [2.75, 3.05) is 20.3 Å². The molecule has 1 aromatic carbocycles. The van der Waals surface area contributed by atoms with Crippen LogP contribution in [-0.4, -0.2) is 36.5 Å². The number of carbonyl (C=O) groups is 1. The highest BCUT2D eigenvalue weighted by atomic mass is 16.5. The summed E-state index contributed by atoms with van der Waals surface area (Å²) in [6.07, 6.45) is 0.821. The van der Waals surface area contributed by atoms with Crippen molar-refractivity contribution in [3.63, 3.8) is 0 Å². The minimum atomic E-state index is -0.587. The highest BCUT2D eigenvalue weighted by molar-refractivity contribution is 5.73. The van der Waals surface area contributed by atoms with E-state index in [0.29, 0.717) is 29.4 Å². The van der Waals surface area contributed by atoms with Gasteiger partial charge in [-0.3, -0.25) is 9.89 Å². The van der Waals surface area contributed by atoms with E-state index in [0.717, 1.165) is 12.0 Å². The Morgan fingerprint density at radius 1 is 1.37 bits per heavy atom. The number of rotatable bonds is 8. The SMILES string of the molecule is CCCOc1ccc(C2C(C#N)=C(N)Oc3n[nH]c(CC(=O)OCC)c32)cc1OC. The molecule has 0 saturated carbocycles. The van der Waals surface area contributed by atoms with Crippen LogP contribution in [0.3, 0.4) is 0 Å². The lowest BCUT2D eigenvalue weighted by Crippen LogP contribution is -2.22. The van der Waals surface area contributed by atoms with E-state index < -0.39 is 11.9 Å². The monoisotopic (exact) mass is 412 g/mol. The molecule has 0 bridgehead atoms. The number of nitrogens with two attached hydrogens (primary N) is 1. The molecule has 1 aliphatic rings. The fourth-order valence-corrected chi connectivity index (χ4v) is 3.33. The normalized spacial score (nSPS) is 15.1. The third-order valence-electron chi connectivity index (χ3n) is 4.63. The second-order valence-corrected chi connectivity index (χ2v) is 6.59. The number of aromatic nitrogens is 2. The van der Waals surface area contributed by atoms with Gasteiger partial charge < -0.3 is 24.7 Å². The Balaban J connectivity index is 2.08. The van der Waals surface area contributed by atoms with Gasteiger partial charge in [0.2, 0.25) is 11.8 Å². The summed E-state index contributed by atoms with van der Waals surface area (Å²) < 4.78 is 21.8. The molecule has 0 radical (unpaired) electrons. The molecule has 0 aliphatic carbocycles. The number of nitriles is 1. The van der Waals surface area contributed by atoms with E-state index in [1.807, 2.05) is 13.0 Å². The van der Waals surface area contributed by atoms with E-state index >= 15 is 0 Å². The second-order valence-electron chi connectivity index (χ2n) is 6.59. The summed E-state index contributed by atoms with van der Waals surface area (Å²) in [5.41, 5.74) is 8.01. The fourth-order valence-electron chi connectivity index (χ4n) is 3.33. The number of hydrogen-bond donors (Lipinski definition) is 2. The minimum Gasteiger partial charge on any atom is -0.493 e. The van der Waals surface area contributed by atoms with Crippen LogP contribution < -0.4 is 19.9 Å². The van der Waals surface area contributed by atoms with Gasteiger partial charge in [-0.2, -0.15) is 5.26 Å². The van der Waals surface area contributed by atoms with Gasteiger partial charge in [-0.1, -0.05) is 13.0 Å². The fraction of sp³-hybridized carbons (Fsp3) is 0.381. The van der Waals surface area contributed by atoms with E-state index in [9.17, 15) is 10.1 Å². The molecule has 2 heterocycles. The number of hydrogen-bond acceptors (Lipinski definition) is 8. The van der Waals surface area contributed by atoms with Gasteiger partial charge in [0.15, 0.2) is 11.5 Å². The lowest BCUT2D eigenvalue weighted by Gasteiger charge is -2.24. The third kappa shape index (κ3) is 4.03. The van der Waals surface area contributed by atoms with Gasteiger partial charge in [0.05, 0.1) is 43.9 Å². The van der Waals surface area contributed by atoms with Crippen LogP contribution in [0.1, 0.15) is 43.0 Å². The summed E-state index contributed by atoms with van der Waals surface area (Å²) in [6.45, 7) is 4.57. The number of nitrogens with one attached hydrogen (secondary N) is 1. The molecule has 0 fully saturated rings. The van der Waals surface area contributed by atoms with Gasteiger partial charge in [-0.05, 0) is 31.0 Å². The first kappa shape index (κ1) is 21.0. The van der Waals surface area contributed by atoms with Crippen molar-refractivity contribution in [1.29, 1.82) is 5.26 Å². The van der Waals surface area contributed by atoms with Gasteiger partial charge in [-0.15, -0.1) is 5.10 Å². The van der Waals surface area contributed by atoms with Crippen molar-refractivity contribution < 1.29 is 23.7 Å². The molecular weight excluding hydrogens is 388 g/mol. The van der Waals surface area contributed by atoms with Crippen LogP contribution in [0.2, 0.25) is 0 Å². The Morgan fingerprint density at radius 3 is 2.83 bits per heavy atom. The van der Waals surface area contributed by atoms with Crippen molar-refractivity contribution in [2.45, 2.75) is 32.6 Å². The molecular formula is C21H24N4O5. The molecule has 9 heteroatoms. The summed E-state index contributed by atoms with van der Waals surface area (Å²) in [5.74, 6) is 0.321. The van der Waals surface area contributed by atoms with E-state index in [-0.39, 0.29) is 30.4 Å². The highest BCUT2D eigenvalue weighted by Gasteiger charge is 2.36. The number of allylic oxidation sites excluding steroid dienone is 1. The summed E-state index contributed by atoms with van der Waals surface area (Å²) in [6, 6.07) is 7.53. The zero-order valence-corrected chi connectivity index (χ0v) is 17.2.